The molecular weight excluding hydrogens is 662 g/mol. The zero-order valence-corrected chi connectivity index (χ0v) is 28.4. The lowest BCUT2D eigenvalue weighted by atomic mass is 9.80. The Hall–Kier alpha value is -5.05. The minimum atomic E-state index is -4.02. The normalized spacial score (nSPS) is 19.2. The second-order valence-electron chi connectivity index (χ2n) is 11.8. The maximum atomic E-state index is 13.1. The van der Waals surface area contributed by atoms with Crippen LogP contribution >= 0.6 is 0 Å². The predicted octanol–water partition coefficient (Wildman–Crippen LogP) is 4.00. The fourth-order valence-corrected chi connectivity index (χ4v) is 6.96. The molecule has 50 heavy (non-hydrogen) atoms. The van der Waals surface area contributed by atoms with Gasteiger partial charge in [0.1, 0.15) is 41.2 Å². The summed E-state index contributed by atoms with van der Waals surface area (Å²) >= 11 is 0. The molecule has 0 saturated carbocycles. The van der Waals surface area contributed by atoms with Gasteiger partial charge in [-0.15, -0.1) is 0 Å². The summed E-state index contributed by atoms with van der Waals surface area (Å²) in [4.78, 5) is 17.0. The number of anilines is 1. The van der Waals surface area contributed by atoms with Crippen LogP contribution in [0.3, 0.4) is 0 Å². The predicted molar refractivity (Wildman–Crippen MR) is 185 cm³/mol. The Balaban J connectivity index is 1.29. The van der Waals surface area contributed by atoms with Crippen LogP contribution in [0.4, 0.5) is 5.82 Å². The molecule has 1 fully saturated rings. The molecule has 1 aliphatic rings. The highest BCUT2D eigenvalue weighted by Crippen LogP contribution is 2.42. The van der Waals surface area contributed by atoms with E-state index in [-0.39, 0.29) is 17.3 Å². The number of methoxy groups -OCH3 is 2. The molecule has 13 heteroatoms. The van der Waals surface area contributed by atoms with Crippen molar-refractivity contribution in [3.63, 3.8) is 0 Å². The Morgan fingerprint density at radius 3 is 1.90 bits per heavy atom. The molecule has 3 N–H and O–H groups in total. The van der Waals surface area contributed by atoms with Crippen molar-refractivity contribution in [2.45, 2.75) is 42.0 Å². The van der Waals surface area contributed by atoms with E-state index < -0.39 is 45.9 Å². The van der Waals surface area contributed by atoms with E-state index in [1.807, 2.05) is 85.8 Å². The highest BCUT2D eigenvalue weighted by Gasteiger charge is 2.46. The number of benzene rings is 4. The Morgan fingerprint density at radius 1 is 0.800 bits per heavy atom. The largest absolute Gasteiger partial charge is 0.497 e. The van der Waals surface area contributed by atoms with Crippen LogP contribution in [-0.4, -0.2) is 67.3 Å². The van der Waals surface area contributed by atoms with Crippen molar-refractivity contribution >= 4 is 15.8 Å². The van der Waals surface area contributed by atoms with Gasteiger partial charge in [0.15, 0.2) is 6.23 Å². The van der Waals surface area contributed by atoms with Crippen molar-refractivity contribution in [3.8, 4) is 11.5 Å². The molecule has 0 bridgehead atoms. The van der Waals surface area contributed by atoms with Crippen molar-refractivity contribution in [3.05, 3.63) is 148 Å². The number of aliphatic hydroxyl groups is 2. The van der Waals surface area contributed by atoms with Gasteiger partial charge < -0.3 is 29.2 Å². The third kappa shape index (κ3) is 6.86. The minimum Gasteiger partial charge on any atom is -0.497 e. The standard InChI is InChI=1S/C37H37N3O9S/c1-24-9-19-30(20-10-24)50(44,45)39-32-21-22-40(36(43)38-32)35-34(42)33(41)31(49-35)23-48-37(25-7-5-4-6-8-25,26-11-15-28(46-2)16-12-26)27-13-17-29(47-3)18-14-27/h4-22,31,33-35,41-42H,23H2,1-3H3,(H,38,39,43)/t31-,33-,34-,35-/m1/s1. The summed E-state index contributed by atoms with van der Waals surface area (Å²) in [6.07, 6.45) is -4.16. The van der Waals surface area contributed by atoms with E-state index in [1.165, 1.54) is 24.4 Å². The van der Waals surface area contributed by atoms with E-state index in [1.54, 1.807) is 26.4 Å². The minimum absolute atomic E-state index is 0.00505. The molecule has 0 spiro atoms. The summed E-state index contributed by atoms with van der Waals surface area (Å²) in [5.74, 6) is 1.09. The van der Waals surface area contributed by atoms with Crippen molar-refractivity contribution in [2.75, 3.05) is 25.5 Å². The van der Waals surface area contributed by atoms with Crippen LogP contribution < -0.4 is 19.9 Å². The molecule has 0 aliphatic carbocycles. The maximum absolute atomic E-state index is 13.1. The van der Waals surface area contributed by atoms with Gasteiger partial charge in [-0.1, -0.05) is 72.3 Å². The first-order valence-electron chi connectivity index (χ1n) is 15.7. The third-order valence-corrected chi connectivity index (χ3v) is 10.0. The van der Waals surface area contributed by atoms with E-state index in [4.69, 9.17) is 18.9 Å². The van der Waals surface area contributed by atoms with Crippen molar-refractivity contribution in [1.29, 1.82) is 0 Å². The molecular formula is C37H37N3O9S. The van der Waals surface area contributed by atoms with Gasteiger partial charge in [0.25, 0.3) is 10.0 Å². The fraction of sp³-hybridized carbons (Fsp3) is 0.243. The summed E-state index contributed by atoms with van der Waals surface area (Å²) < 4.78 is 52.7. The SMILES string of the molecule is COc1ccc(C(OC[C@H]2O[C@@H](n3ccc(NS(=O)(=O)c4ccc(C)cc4)nc3=O)[C@H](O)[C@@H]2O)(c2ccccc2)c2ccc(OC)cc2)cc1. The number of aliphatic hydroxyl groups excluding tert-OH is 2. The Morgan fingerprint density at radius 2 is 1.36 bits per heavy atom. The summed E-state index contributed by atoms with van der Waals surface area (Å²) in [6, 6.07) is 31.9. The van der Waals surface area contributed by atoms with Gasteiger partial charge in [-0.2, -0.15) is 4.98 Å². The van der Waals surface area contributed by atoms with Gasteiger partial charge in [0.2, 0.25) is 0 Å². The zero-order valence-electron chi connectivity index (χ0n) is 27.5. The van der Waals surface area contributed by atoms with Crippen LogP contribution in [0.1, 0.15) is 28.5 Å². The van der Waals surface area contributed by atoms with Crippen LogP contribution in [0, 0.1) is 6.92 Å². The Kier molecular flexibility index (Phi) is 10.0. The lowest BCUT2D eigenvalue weighted by Gasteiger charge is -2.37. The van der Waals surface area contributed by atoms with Gasteiger partial charge >= 0.3 is 5.69 Å². The number of rotatable bonds is 12. The smallest absolute Gasteiger partial charge is 0.351 e. The average Bonchev–Trinajstić information content (AvgIpc) is 3.41. The molecule has 6 rings (SSSR count). The van der Waals surface area contributed by atoms with Gasteiger partial charge in [0, 0.05) is 6.20 Å². The quantitative estimate of drug-likeness (QED) is 0.163. The van der Waals surface area contributed by atoms with Crippen molar-refractivity contribution in [2.24, 2.45) is 0 Å². The number of aromatic nitrogens is 2. The number of hydrogen-bond donors (Lipinski definition) is 3. The topological polar surface area (TPSA) is 158 Å². The molecule has 260 valence electrons. The van der Waals surface area contributed by atoms with Crippen LogP contribution in [0.15, 0.2) is 125 Å². The number of ether oxygens (including phenoxy) is 4. The molecule has 4 aromatic carbocycles. The Labute approximate surface area is 289 Å². The van der Waals surface area contributed by atoms with Gasteiger partial charge in [0.05, 0.1) is 25.7 Å². The second kappa shape index (κ2) is 14.4. The van der Waals surface area contributed by atoms with Crippen molar-refractivity contribution in [1.82, 2.24) is 9.55 Å². The highest BCUT2D eigenvalue weighted by atomic mass is 32.2. The third-order valence-electron chi connectivity index (χ3n) is 8.65. The average molecular weight is 700 g/mol. The molecule has 5 aromatic rings. The number of nitrogens with one attached hydrogen (secondary N) is 1. The van der Waals surface area contributed by atoms with Crippen LogP contribution in [0.25, 0.3) is 0 Å². The summed E-state index contributed by atoms with van der Waals surface area (Å²) in [5.41, 5.74) is 1.05. The molecule has 12 nitrogen and oxygen atoms in total. The van der Waals surface area contributed by atoms with E-state index >= 15 is 0 Å². The number of sulfonamides is 1. The monoisotopic (exact) mass is 699 g/mol. The van der Waals surface area contributed by atoms with Crippen LogP contribution in [0.5, 0.6) is 11.5 Å². The zero-order chi connectivity index (χ0) is 35.5. The van der Waals surface area contributed by atoms with Gasteiger partial charge in [-0.25, -0.2) is 13.2 Å². The molecule has 0 radical (unpaired) electrons. The molecule has 1 aliphatic heterocycles. The maximum Gasteiger partial charge on any atom is 0.351 e. The van der Waals surface area contributed by atoms with E-state index in [2.05, 4.69) is 9.71 Å². The first-order chi connectivity index (χ1) is 24.1. The lowest BCUT2D eigenvalue weighted by molar-refractivity contribution is -0.0958. The van der Waals surface area contributed by atoms with E-state index in [0.717, 1.165) is 26.8 Å². The number of hydrogen-bond acceptors (Lipinski definition) is 10. The molecule has 0 unspecified atom stereocenters. The van der Waals surface area contributed by atoms with E-state index in [0.29, 0.717) is 11.5 Å². The first-order valence-corrected chi connectivity index (χ1v) is 17.2. The fourth-order valence-electron chi connectivity index (χ4n) is 5.96. The Bertz CT molecular complexity index is 2030. The van der Waals surface area contributed by atoms with Crippen LogP contribution in [0.2, 0.25) is 0 Å². The summed E-state index contributed by atoms with van der Waals surface area (Å²) in [7, 11) is -0.854. The molecule has 1 aromatic heterocycles. The summed E-state index contributed by atoms with van der Waals surface area (Å²) in [6.45, 7) is 1.62. The highest BCUT2D eigenvalue weighted by molar-refractivity contribution is 7.92. The molecule has 2 heterocycles. The second-order valence-corrected chi connectivity index (χ2v) is 13.5. The number of aryl methyl sites for hydroxylation is 1. The van der Waals surface area contributed by atoms with Crippen LogP contribution in [-0.2, 0) is 25.1 Å². The van der Waals surface area contributed by atoms with Crippen molar-refractivity contribution < 1.29 is 37.6 Å². The first kappa shape index (κ1) is 34.8. The molecule has 1 saturated heterocycles. The van der Waals surface area contributed by atoms with Gasteiger partial charge in [-0.05, 0) is 66.1 Å². The molecule has 4 atom stereocenters. The van der Waals surface area contributed by atoms with Gasteiger partial charge in [-0.3, -0.25) is 9.29 Å². The molecule has 0 amide bonds. The summed E-state index contributed by atoms with van der Waals surface area (Å²) in [5, 5.41) is 22.2. The van der Waals surface area contributed by atoms with E-state index in [9.17, 15) is 23.4 Å². The lowest BCUT2D eigenvalue weighted by Crippen LogP contribution is -2.39. The number of nitrogens with zero attached hydrogens (tertiary/aromatic N) is 2.